The van der Waals surface area contributed by atoms with Gasteiger partial charge in [-0.1, -0.05) is 96.8 Å². The molecule has 334 valence electrons. The molecule has 0 unspecified atom stereocenters. The Bertz CT molecular complexity index is 776. The van der Waals surface area contributed by atoms with Crippen molar-refractivity contribution in [2.24, 2.45) is 0 Å². The lowest BCUT2D eigenvalue weighted by molar-refractivity contribution is -0.145. The lowest BCUT2D eigenvalue weighted by atomic mass is 10.0. The standard InChI is InChI=1S/C42H82O14/c1-3-4-5-6-7-8-9-10-11-12-13-14-15-16-17-18-42(44)56-40-38-54-36-34-52-32-30-50-28-26-48-24-22-46-20-19-45-21-23-47-25-27-49-29-31-51-33-35-53-37-39-55-41(2)43/h3-40H2,1-2H3. The Morgan fingerprint density at radius 1 is 0.286 bits per heavy atom. The summed E-state index contributed by atoms with van der Waals surface area (Å²) < 4.78 is 64.5. The van der Waals surface area contributed by atoms with Crippen LogP contribution in [-0.2, 0) is 66.4 Å². The Labute approximate surface area is 339 Å². The molecule has 14 nitrogen and oxygen atoms in total. The third-order valence-electron chi connectivity index (χ3n) is 8.36. The number of rotatable bonds is 49. The van der Waals surface area contributed by atoms with Gasteiger partial charge in [0.25, 0.3) is 0 Å². The molecule has 14 heteroatoms. The Hall–Kier alpha value is -1.46. The Morgan fingerprint density at radius 2 is 0.500 bits per heavy atom. The first-order valence-corrected chi connectivity index (χ1v) is 21.7. The van der Waals surface area contributed by atoms with Crippen LogP contribution in [0.15, 0.2) is 0 Å². The van der Waals surface area contributed by atoms with E-state index in [9.17, 15) is 9.59 Å². The van der Waals surface area contributed by atoms with Crippen molar-refractivity contribution in [1.29, 1.82) is 0 Å². The number of hydrogen-bond acceptors (Lipinski definition) is 14. The van der Waals surface area contributed by atoms with Gasteiger partial charge in [0.05, 0.1) is 132 Å². The Balaban J connectivity index is 3.13. The van der Waals surface area contributed by atoms with E-state index < -0.39 is 0 Å². The minimum Gasteiger partial charge on any atom is -0.463 e. The second-order valence-electron chi connectivity index (χ2n) is 13.4. The van der Waals surface area contributed by atoms with Gasteiger partial charge in [-0.15, -0.1) is 0 Å². The van der Waals surface area contributed by atoms with Gasteiger partial charge in [0.2, 0.25) is 0 Å². The third-order valence-corrected chi connectivity index (χ3v) is 8.36. The lowest BCUT2D eigenvalue weighted by Crippen LogP contribution is -2.15. The zero-order valence-electron chi connectivity index (χ0n) is 35.6. The SMILES string of the molecule is CCCCCCCCCCCCCCCCCC(=O)OCCOCCOCCOCCOCCOCCOCCOCCOCCOCCOCCOC(C)=O. The minimum atomic E-state index is -0.312. The molecule has 0 rings (SSSR count). The van der Waals surface area contributed by atoms with Crippen LogP contribution in [0.1, 0.15) is 117 Å². The molecule has 0 amide bonds. The first-order chi connectivity index (χ1) is 27.7. The maximum absolute atomic E-state index is 11.9. The summed E-state index contributed by atoms with van der Waals surface area (Å²) >= 11 is 0. The largest absolute Gasteiger partial charge is 0.463 e. The van der Waals surface area contributed by atoms with E-state index in [0.29, 0.717) is 139 Å². The monoisotopic (exact) mass is 811 g/mol. The fourth-order valence-corrected chi connectivity index (χ4v) is 5.25. The molecule has 0 aromatic heterocycles. The van der Waals surface area contributed by atoms with Gasteiger partial charge < -0.3 is 56.8 Å². The average Bonchev–Trinajstić information content (AvgIpc) is 3.19. The molecule has 0 N–H and O–H groups in total. The van der Waals surface area contributed by atoms with Crippen LogP contribution in [0.2, 0.25) is 0 Å². The van der Waals surface area contributed by atoms with Crippen LogP contribution in [0.3, 0.4) is 0 Å². The molecule has 0 aromatic rings. The van der Waals surface area contributed by atoms with E-state index in [4.69, 9.17) is 56.8 Å². The van der Waals surface area contributed by atoms with Crippen LogP contribution in [0.5, 0.6) is 0 Å². The van der Waals surface area contributed by atoms with Crippen molar-refractivity contribution < 1.29 is 66.4 Å². The van der Waals surface area contributed by atoms with Crippen LogP contribution in [0.4, 0.5) is 0 Å². The van der Waals surface area contributed by atoms with Gasteiger partial charge in [-0.3, -0.25) is 9.59 Å². The van der Waals surface area contributed by atoms with E-state index in [2.05, 4.69) is 6.92 Å². The first-order valence-electron chi connectivity index (χ1n) is 21.7. The quantitative estimate of drug-likeness (QED) is 0.0486. The van der Waals surface area contributed by atoms with Crippen molar-refractivity contribution >= 4 is 11.9 Å². The normalized spacial score (nSPS) is 11.4. The van der Waals surface area contributed by atoms with Crippen molar-refractivity contribution in [3.05, 3.63) is 0 Å². The lowest BCUT2D eigenvalue weighted by Gasteiger charge is -2.09. The first kappa shape index (κ1) is 54.5. The van der Waals surface area contributed by atoms with Crippen LogP contribution in [0.25, 0.3) is 0 Å². The van der Waals surface area contributed by atoms with Gasteiger partial charge in [0, 0.05) is 13.3 Å². The van der Waals surface area contributed by atoms with Gasteiger partial charge in [-0.25, -0.2) is 0 Å². The Kier molecular flexibility index (Phi) is 48.4. The number of esters is 2. The smallest absolute Gasteiger partial charge is 0.305 e. The highest BCUT2D eigenvalue weighted by atomic mass is 16.6. The molecule has 0 radical (unpaired) electrons. The molecule has 0 heterocycles. The molecule has 0 saturated heterocycles. The Morgan fingerprint density at radius 3 is 0.750 bits per heavy atom. The molecule has 56 heavy (non-hydrogen) atoms. The second kappa shape index (κ2) is 49.7. The molecule has 0 aliphatic heterocycles. The van der Waals surface area contributed by atoms with Crippen LogP contribution >= 0.6 is 0 Å². The average molecular weight is 811 g/mol. The van der Waals surface area contributed by atoms with Crippen molar-refractivity contribution in [3.8, 4) is 0 Å². The van der Waals surface area contributed by atoms with Gasteiger partial charge in [-0.2, -0.15) is 0 Å². The predicted octanol–water partition coefficient (Wildman–Crippen LogP) is 6.52. The van der Waals surface area contributed by atoms with Gasteiger partial charge in [0.1, 0.15) is 13.2 Å². The zero-order valence-corrected chi connectivity index (χ0v) is 35.6. The molecule has 0 saturated carbocycles. The molecule has 0 atom stereocenters. The van der Waals surface area contributed by atoms with E-state index in [1.807, 2.05) is 0 Å². The van der Waals surface area contributed by atoms with Gasteiger partial charge >= 0.3 is 11.9 Å². The number of carbonyl (C=O) groups excluding carboxylic acids is 2. The molecular formula is C42H82O14. The van der Waals surface area contributed by atoms with Gasteiger partial charge in [0.15, 0.2) is 0 Å². The van der Waals surface area contributed by atoms with E-state index in [1.54, 1.807) is 0 Å². The van der Waals surface area contributed by atoms with Crippen molar-refractivity contribution in [3.63, 3.8) is 0 Å². The van der Waals surface area contributed by atoms with E-state index >= 15 is 0 Å². The van der Waals surface area contributed by atoms with E-state index in [-0.39, 0.29) is 25.2 Å². The van der Waals surface area contributed by atoms with Gasteiger partial charge in [-0.05, 0) is 6.42 Å². The second-order valence-corrected chi connectivity index (χ2v) is 13.4. The maximum Gasteiger partial charge on any atom is 0.305 e. The summed E-state index contributed by atoms with van der Waals surface area (Å²) in [7, 11) is 0. The predicted molar refractivity (Wildman–Crippen MR) is 215 cm³/mol. The summed E-state index contributed by atoms with van der Waals surface area (Å²) in [6, 6.07) is 0. The van der Waals surface area contributed by atoms with Crippen LogP contribution in [-0.4, -0.2) is 157 Å². The minimum absolute atomic E-state index is 0.134. The molecule has 0 aliphatic carbocycles. The molecule has 0 bridgehead atoms. The van der Waals surface area contributed by atoms with Crippen molar-refractivity contribution in [2.75, 3.05) is 145 Å². The molecule has 0 aliphatic rings. The number of hydrogen-bond donors (Lipinski definition) is 0. The number of ether oxygens (including phenoxy) is 12. The summed E-state index contributed by atoms with van der Waals surface area (Å²) in [6.45, 7) is 13.6. The fraction of sp³-hybridized carbons (Fsp3) is 0.952. The fourth-order valence-electron chi connectivity index (χ4n) is 5.25. The number of unbranched alkanes of at least 4 members (excludes halogenated alkanes) is 14. The highest BCUT2D eigenvalue weighted by Gasteiger charge is 2.03. The number of carbonyl (C=O) groups is 2. The van der Waals surface area contributed by atoms with E-state index in [0.717, 1.165) is 12.8 Å². The van der Waals surface area contributed by atoms with E-state index in [1.165, 1.54) is 90.4 Å². The summed E-state index contributed by atoms with van der Waals surface area (Å²) in [5.41, 5.74) is 0. The maximum atomic E-state index is 11.9. The molecule has 0 aromatic carbocycles. The third kappa shape index (κ3) is 50.6. The molecule has 0 fully saturated rings. The molecule has 0 spiro atoms. The van der Waals surface area contributed by atoms with Crippen LogP contribution in [0, 0.1) is 0 Å². The van der Waals surface area contributed by atoms with Crippen LogP contribution < -0.4 is 0 Å². The topological polar surface area (TPSA) is 145 Å². The molecular weight excluding hydrogens is 728 g/mol. The summed E-state index contributed by atoms with van der Waals surface area (Å²) in [4.78, 5) is 22.5. The highest BCUT2D eigenvalue weighted by molar-refractivity contribution is 5.69. The van der Waals surface area contributed by atoms with Crippen molar-refractivity contribution in [2.45, 2.75) is 117 Å². The summed E-state index contributed by atoms with van der Waals surface area (Å²) in [5, 5.41) is 0. The highest BCUT2D eigenvalue weighted by Crippen LogP contribution is 2.14. The van der Waals surface area contributed by atoms with Crippen molar-refractivity contribution in [1.82, 2.24) is 0 Å². The summed E-state index contributed by atoms with van der Waals surface area (Å²) in [6.07, 6.45) is 20.2. The summed E-state index contributed by atoms with van der Waals surface area (Å²) in [5.74, 6) is -0.446. The zero-order chi connectivity index (χ0) is 40.5.